The number of amides is 1. The largest absolute Gasteiger partial charge is 0.375 e. The lowest BCUT2D eigenvalue weighted by Crippen LogP contribution is -2.17. The van der Waals surface area contributed by atoms with Crippen LogP contribution in [0.5, 0.6) is 0 Å². The zero-order valence-corrected chi connectivity index (χ0v) is 10.4. The van der Waals surface area contributed by atoms with Crippen molar-refractivity contribution in [2.24, 2.45) is 0 Å². The Kier molecular flexibility index (Phi) is 4.01. The molecular weight excluding hydrogens is 234 g/mol. The summed E-state index contributed by atoms with van der Waals surface area (Å²) in [7, 11) is 1.14. The smallest absolute Gasteiger partial charge is 0.250 e. The lowest BCUT2D eigenvalue weighted by atomic mass is 10.3. The van der Waals surface area contributed by atoms with Crippen molar-refractivity contribution in [2.75, 3.05) is 19.0 Å². The van der Waals surface area contributed by atoms with E-state index < -0.39 is 0 Å². The van der Waals surface area contributed by atoms with Gasteiger partial charge < -0.3 is 10.1 Å². The van der Waals surface area contributed by atoms with E-state index in [4.69, 9.17) is 4.74 Å². The van der Waals surface area contributed by atoms with Gasteiger partial charge in [-0.05, 0) is 27.8 Å². The van der Waals surface area contributed by atoms with Crippen LogP contribution < -0.4 is 5.32 Å². The first-order valence-electron chi connectivity index (χ1n) is 5.23. The Bertz CT molecular complexity index is 456. The predicted molar refractivity (Wildman–Crippen MR) is 71.3 cm³/mol. The van der Waals surface area contributed by atoms with E-state index in [-0.39, 0.29) is 23.4 Å². The third kappa shape index (κ3) is 3.22. The van der Waals surface area contributed by atoms with E-state index in [0.29, 0.717) is 5.69 Å². The number of nitrogens with one attached hydrogen (secondary N) is 1. The van der Waals surface area contributed by atoms with Crippen LogP contribution in [0.25, 0.3) is 0 Å². The Balaban J connectivity index is 2.08. The number of hydrogen-bond acceptors (Lipinski definition) is 2. The molecule has 0 bridgehead atoms. The molecule has 0 saturated heterocycles. The molecule has 1 N–H and O–H groups in total. The van der Waals surface area contributed by atoms with E-state index in [1.807, 2.05) is 30.4 Å². The SMILES string of the molecule is COCC(=O)Nc1[c]ccc([SH]2C=CC=C2)c1. The average molecular weight is 248 g/mol. The minimum absolute atomic E-state index is 0.0621. The van der Waals surface area contributed by atoms with Gasteiger partial charge in [-0.3, -0.25) is 4.79 Å². The van der Waals surface area contributed by atoms with E-state index in [1.54, 1.807) is 0 Å². The highest BCUT2D eigenvalue weighted by molar-refractivity contribution is 8.22. The lowest BCUT2D eigenvalue weighted by Gasteiger charge is -2.12. The molecule has 89 valence electrons. The summed E-state index contributed by atoms with van der Waals surface area (Å²) < 4.78 is 4.76. The van der Waals surface area contributed by atoms with Crippen molar-refractivity contribution in [3.8, 4) is 0 Å². The van der Waals surface area contributed by atoms with Gasteiger partial charge in [0.2, 0.25) is 5.91 Å². The van der Waals surface area contributed by atoms with E-state index in [2.05, 4.69) is 22.2 Å². The van der Waals surface area contributed by atoms with E-state index in [9.17, 15) is 4.79 Å². The lowest BCUT2D eigenvalue weighted by molar-refractivity contribution is -0.119. The van der Waals surface area contributed by atoms with Gasteiger partial charge in [-0.2, -0.15) is 10.9 Å². The molecule has 1 aliphatic heterocycles. The van der Waals surface area contributed by atoms with Crippen molar-refractivity contribution >= 4 is 22.5 Å². The first-order valence-corrected chi connectivity index (χ1v) is 6.71. The van der Waals surface area contributed by atoms with E-state index >= 15 is 0 Å². The molecule has 0 spiro atoms. The molecular formula is C13H14NO2S. The molecule has 3 nitrogen and oxygen atoms in total. The van der Waals surface area contributed by atoms with Crippen LogP contribution in [0.1, 0.15) is 0 Å². The fraction of sp³-hybridized carbons (Fsp3) is 0.154. The van der Waals surface area contributed by atoms with Crippen LogP contribution >= 0.6 is 10.9 Å². The summed E-state index contributed by atoms with van der Waals surface area (Å²) >= 11 is 0. The van der Waals surface area contributed by atoms with Crippen LogP contribution in [0.3, 0.4) is 0 Å². The van der Waals surface area contributed by atoms with Crippen LogP contribution in [-0.2, 0) is 9.53 Å². The fourth-order valence-electron chi connectivity index (χ4n) is 1.51. The maximum Gasteiger partial charge on any atom is 0.250 e. The van der Waals surface area contributed by atoms with Gasteiger partial charge in [0, 0.05) is 18.9 Å². The Morgan fingerprint density at radius 1 is 1.47 bits per heavy atom. The first-order chi connectivity index (χ1) is 8.29. The number of carbonyl (C=O) groups is 1. The highest BCUT2D eigenvalue weighted by atomic mass is 32.2. The molecule has 0 fully saturated rings. The molecule has 1 heterocycles. The van der Waals surface area contributed by atoms with Crippen LogP contribution in [0.2, 0.25) is 0 Å². The predicted octanol–water partition coefficient (Wildman–Crippen LogP) is 2.47. The number of thiol groups is 1. The van der Waals surface area contributed by atoms with E-state index in [0.717, 1.165) is 0 Å². The maximum atomic E-state index is 11.4. The molecule has 1 amide bonds. The van der Waals surface area contributed by atoms with Gasteiger partial charge >= 0.3 is 0 Å². The van der Waals surface area contributed by atoms with Crippen LogP contribution in [-0.4, -0.2) is 19.6 Å². The second kappa shape index (κ2) is 5.70. The van der Waals surface area contributed by atoms with Gasteiger partial charge in [0.1, 0.15) is 6.61 Å². The normalized spacial score (nSPS) is 15.2. The summed E-state index contributed by atoms with van der Waals surface area (Å²) in [5.41, 5.74) is 0.695. The highest BCUT2D eigenvalue weighted by Gasteiger charge is 2.06. The summed E-state index contributed by atoms with van der Waals surface area (Å²) in [6.45, 7) is 0.0621. The quantitative estimate of drug-likeness (QED) is 0.803. The first kappa shape index (κ1) is 12.0. The Labute approximate surface area is 104 Å². The molecule has 1 aromatic carbocycles. The van der Waals surface area contributed by atoms with Crippen molar-refractivity contribution in [1.82, 2.24) is 0 Å². The summed E-state index contributed by atoms with van der Waals surface area (Å²) in [6, 6.07) is 8.81. The van der Waals surface area contributed by atoms with Crippen LogP contribution in [0.4, 0.5) is 5.69 Å². The number of allylic oxidation sites excluding steroid dienone is 2. The maximum absolute atomic E-state index is 11.4. The standard InChI is InChI=1S/C13H14NO2S/c1-16-10-13(15)14-11-5-4-6-12(9-11)17-7-2-3-8-17/h2-4,6-9,17H,10H2,1H3,(H,14,15). The number of carbonyl (C=O) groups excluding carboxylic acids is 1. The summed E-state index contributed by atoms with van der Waals surface area (Å²) in [4.78, 5) is 12.6. The van der Waals surface area contributed by atoms with Crippen molar-refractivity contribution in [2.45, 2.75) is 4.90 Å². The fourth-order valence-corrected chi connectivity index (χ4v) is 3.05. The second-order valence-corrected chi connectivity index (χ2v) is 5.46. The van der Waals surface area contributed by atoms with Crippen LogP contribution in [0, 0.1) is 6.07 Å². The summed E-state index contributed by atoms with van der Waals surface area (Å²) in [5.74, 6) is -0.161. The average Bonchev–Trinajstić information content (AvgIpc) is 2.83. The van der Waals surface area contributed by atoms with Crippen LogP contribution in [0.15, 0.2) is 46.1 Å². The summed E-state index contributed by atoms with van der Waals surface area (Å²) in [5, 5.41) is 7.09. The number of ether oxygens (including phenoxy) is 1. The third-order valence-electron chi connectivity index (χ3n) is 2.24. The molecule has 0 atom stereocenters. The minimum atomic E-state index is -0.353. The van der Waals surface area contributed by atoms with Gasteiger partial charge in [0.05, 0.1) is 0 Å². The number of methoxy groups -OCH3 is 1. The number of hydrogen-bond donors (Lipinski definition) is 2. The molecule has 1 aliphatic rings. The molecule has 0 unspecified atom stereocenters. The van der Waals surface area contributed by atoms with Gasteiger partial charge in [0.15, 0.2) is 0 Å². The van der Waals surface area contributed by atoms with Gasteiger partial charge in [0.25, 0.3) is 0 Å². The topological polar surface area (TPSA) is 38.3 Å². The minimum Gasteiger partial charge on any atom is -0.375 e. The monoisotopic (exact) mass is 248 g/mol. The molecule has 1 radical (unpaired) electrons. The highest BCUT2D eigenvalue weighted by Crippen LogP contribution is 2.42. The van der Waals surface area contributed by atoms with Crippen molar-refractivity contribution < 1.29 is 9.53 Å². The molecule has 17 heavy (non-hydrogen) atoms. The molecule has 0 aromatic heterocycles. The molecule has 1 aromatic rings. The number of benzene rings is 1. The summed E-state index contributed by atoms with van der Waals surface area (Å²) in [6.07, 6.45) is 4.09. The second-order valence-electron chi connectivity index (χ2n) is 3.53. The molecule has 0 saturated carbocycles. The Morgan fingerprint density at radius 2 is 2.24 bits per heavy atom. The molecule has 2 rings (SSSR count). The third-order valence-corrected chi connectivity index (χ3v) is 4.10. The molecule has 0 aliphatic carbocycles. The van der Waals surface area contributed by atoms with Gasteiger partial charge in [-0.25, -0.2) is 0 Å². The van der Waals surface area contributed by atoms with Gasteiger partial charge in [-0.15, -0.1) is 0 Å². The number of rotatable bonds is 4. The van der Waals surface area contributed by atoms with E-state index in [1.165, 1.54) is 12.0 Å². The Morgan fingerprint density at radius 3 is 2.94 bits per heavy atom. The Hall–Kier alpha value is -1.52. The molecule has 4 heteroatoms. The number of anilines is 1. The van der Waals surface area contributed by atoms with Crippen molar-refractivity contribution in [3.05, 3.63) is 47.2 Å². The zero-order chi connectivity index (χ0) is 12.1. The van der Waals surface area contributed by atoms with Gasteiger partial charge in [-0.1, -0.05) is 18.2 Å². The van der Waals surface area contributed by atoms with Crippen molar-refractivity contribution in [3.63, 3.8) is 0 Å². The van der Waals surface area contributed by atoms with Crippen molar-refractivity contribution in [1.29, 1.82) is 0 Å². The zero-order valence-electron chi connectivity index (χ0n) is 9.51.